The second kappa shape index (κ2) is 8.21. The summed E-state index contributed by atoms with van der Waals surface area (Å²) >= 11 is 6.11. The molecule has 1 aromatic heterocycles. The fourth-order valence-electron chi connectivity index (χ4n) is 3.07. The molecule has 6 nitrogen and oxygen atoms in total. The molecule has 1 saturated heterocycles. The van der Waals surface area contributed by atoms with E-state index in [1.165, 1.54) is 0 Å². The Labute approximate surface area is 166 Å². The molecule has 2 N–H and O–H groups in total. The number of nitrogens with one attached hydrogen (secondary N) is 2. The molecule has 2 heterocycles. The first-order valence-corrected chi connectivity index (χ1v) is 9.66. The lowest BCUT2D eigenvalue weighted by atomic mass is 9.94. The number of hydrogen-bond acceptors (Lipinski definition) is 4. The van der Waals surface area contributed by atoms with E-state index in [0.717, 1.165) is 41.9 Å². The van der Waals surface area contributed by atoms with Crippen molar-refractivity contribution < 1.29 is 4.42 Å². The van der Waals surface area contributed by atoms with Crippen LogP contribution in [0.4, 0.5) is 5.69 Å². The molecule has 1 aliphatic heterocycles. The summed E-state index contributed by atoms with van der Waals surface area (Å²) in [6, 6.07) is 8.31. The van der Waals surface area contributed by atoms with E-state index < -0.39 is 0 Å². The third-order valence-corrected chi connectivity index (χ3v) is 4.86. The largest absolute Gasteiger partial charge is 0.443 e. The van der Waals surface area contributed by atoms with Crippen molar-refractivity contribution in [3.8, 4) is 0 Å². The zero-order valence-corrected chi connectivity index (χ0v) is 17.2. The quantitative estimate of drug-likeness (QED) is 0.618. The van der Waals surface area contributed by atoms with Gasteiger partial charge in [0.2, 0.25) is 5.89 Å². The van der Waals surface area contributed by atoms with Gasteiger partial charge in [0.25, 0.3) is 0 Å². The summed E-state index contributed by atoms with van der Waals surface area (Å²) in [6.45, 7) is 8.73. The maximum Gasteiger partial charge on any atom is 0.213 e. The van der Waals surface area contributed by atoms with Crippen molar-refractivity contribution in [3.05, 3.63) is 47.1 Å². The zero-order chi connectivity index (χ0) is 19.4. The van der Waals surface area contributed by atoms with Gasteiger partial charge in [-0.3, -0.25) is 4.99 Å². The average molecular weight is 390 g/mol. The Hall–Kier alpha value is -2.21. The first kappa shape index (κ1) is 19.5. The molecule has 7 heteroatoms. The molecule has 1 unspecified atom stereocenters. The first-order chi connectivity index (χ1) is 12.8. The van der Waals surface area contributed by atoms with Crippen LogP contribution in [0.5, 0.6) is 0 Å². The second-order valence-corrected chi connectivity index (χ2v) is 8.29. The molecule has 1 atom stereocenters. The Morgan fingerprint density at radius 3 is 2.89 bits per heavy atom. The molecular formula is C20H28ClN5O. The molecule has 0 bridgehead atoms. The van der Waals surface area contributed by atoms with E-state index in [2.05, 4.69) is 52.3 Å². The summed E-state index contributed by atoms with van der Waals surface area (Å²) in [6.07, 6.45) is 2.84. The van der Waals surface area contributed by atoms with Crippen molar-refractivity contribution in [1.82, 2.24) is 15.6 Å². The molecule has 0 spiro atoms. The monoisotopic (exact) mass is 389 g/mol. The molecule has 0 saturated carbocycles. The maximum atomic E-state index is 6.11. The van der Waals surface area contributed by atoms with Crippen LogP contribution in [0.25, 0.3) is 0 Å². The molecular weight excluding hydrogens is 362 g/mol. The Morgan fingerprint density at radius 1 is 1.41 bits per heavy atom. The van der Waals surface area contributed by atoms with E-state index in [1.807, 2.05) is 18.2 Å². The predicted octanol–water partition coefficient (Wildman–Crippen LogP) is 3.57. The summed E-state index contributed by atoms with van der Waals surface area (Å²) in [7, 11) is 1.77. The highest BCUT2D eigenvalue weighted by Gasteiger charge is 2.24. The molecule has 0 aliphatic carbocycles. The number of benzene rings is 1. The number of aromatic nitrogens is 1. The van der Waals surface area contributed by atoms with E-state index in [-0.39, 0.29) is 5.41 Å². The number of aliphatic imine (C=N–C) groups is 1. The minimum absolute atomic E-state index is 0.0428. The van der Waals surface area contributed by atoms with Gasteiger partial charge in [-0.2, -0.15) is 0 Å². The second-order valence-electron chi connectivity index (χ2n) is 7.85. The fourth-order valence-corrected chi connectivity index (χ4v) is 3.26. The zero-order valence-electron chi connectivity index (χ0n) is 16.4. The highest BCUT2D eigenvalue weighted by atomic mass is 35.5. The molecule has 0 amide bonds. The maximum absolute atomic E-state index is 6.11. The SMILES string of the molecule is CN=C(NCc1ncc(C(C)(C)C)o1)NC1CCN(c2cccc(Cl)c2)C1. The topological polar surface area (TPSA) is 65.7 Å². The highest BCUT2D eigenvalue weighted by molar-refractivity contribution is 6.30. The van der Waals surface area contributed by atoms with Gasteiger partial charge >= 0.3 is 0 Å². The van der Waals surface area contributed by atoms with Crippen LogP contribution >= 0.6 is 11.6 Å². The van der Waals surface area contributed by atoms with Crippen LogP contribution in [-0.2, 0) is 12.0 Å². The van der Waals surface area contributed by atoms with Crippen molar-refractivity contribution in [3.63, 3.8) is 0 Å². The number of oxazole rings is 1. The van der Waals surface area contributed by atoms with Crippen LogP contribution in [0.1, 0.15) is 38.8 Å². The number of hydrogen-bond donors (Lipinski definition) is 2. The van der Waals surface area contributed by atoms with Crippen LogP contribution < -0.4 is 15.5 Å². The van der Waals surface area contributed by atoms with Gasteiger partial charge in [-0.15, -0.1) is 0 Å². The van der Waals surface area contributed by atoms with Crippen LogP contribution in [0, 0.1) is 0 Å². The number of guanidine groups is 1. The van der Waals surface area contributed by atoms with Gasteiger partial charge < -0.3 is 20.0 Å². The van der Waals surface area contributed by atoms with Gasteiger partial charge in [-0.05, 0) is 24.6 Å². The summed E-state index contributed by atoms with van der Waals surface area (Å²) in [5.41, 5.74) is 1.11. The number of anilines is 1. The highest BCUT2D eigenvalue weighted by Crippen LogP contribution is 2.24. The molecule has 27 heavy (non-hydrogen) atoms. The number of rotatable bonds is 4. The molecule has 0 radical (unpaired) electrons. The van der Waals surface area contributed by atoms with Crippen LogP contribution in [0.3, 0.4) is 0 Å². The summed E-state index contributed by atoms with van der Waals surface area (Å²) in [5.74, 6) is 2.30. The lowest BCUT2D eigenvalue weighted by Gasteiger charge is -2.20. The molecule has 1 aliphatic rings. The smallest absolute Gasteiger partial charge is 0.213 e. The third-order valence-electron chi connectivity index (χ3n) is 4.63. The van der Waals surface area contributed by atoms with Gasteiger partial charge in [0.1, 0.15) is 5.76 Å². The predicted molar refractivity (Wildman–Crippen MR) is 111 cm³/mol. The minimum Gasteiger partial charge on any atom is -0.443 e. The molecule has 1 fully saturated rings. The van der Waals surface area contributed by atoms with Crippen LogP contribution in [-0.4, -0.2) is 37.1 Å². The summed E-state index contributed by atoms with van der Waals surface area (Å²) in [4.78, 5) is 11.0. The van der Waals surface area contributed by atoms with E-state index in [0.29, 0.717) is 18.5 Å². The van der Waals surface area contributed by atoms with E-state index >= 15 is 0 Å². The van der Waals surface area contributed by atoms with E-state index in [4.69, 9.17) is 16.0 Å². The standard InChI is InChI=1S/C20H28ClN5O/c1-20(2,3)17-11-23-18(27-17)12-24-19(22-4)25-15-8-9-26(13-15)16-7-5-6-14(21)10-16/h5-7,10-11,15H,8-9,12-13H2,1-4H3,(H2,22,24,25). The lowest BCUT2D eigenvalue weighted by Crippen LogP contribution is -2.44. The first-order valence-electron chi connectivity index (χ1n) is 9.28. The van der Waals surface area contributed by atoms with Gasteiger partial charge in [-0.25, -0.2) is 4.98 Å². The third kappa shape index (κ3) is 5.16. The van der Waals surface area contributed by atoms with Gasteiger partial charge in [0.15, 0.2) is 5.96 Å². The van der Waals surface area contributed by atoms with Gasteiger partial charge in [0.05, 0.1) is 12.7 Å². The Balaban J connectivity index is 1.51. The molecule has 2 aromatic rings. The summed E-state index contributed by atoms with van der Waals surface area (Å²) in [5, 5.41) is 7.53. The molecule has 3 rings (SSSR count). The van der Waals surface area contributed by atoms with E-state index in [9.17, 15) is 0 Å². The van der Waals surface area contributed by atoms with Gasteiger partial charge in [0, 0.05) is 42.3 Å². The Kier molecular flexibility index (Phi) is 5.95. The average Bonchev–Trinajstić information content (AvgIpc) is 3.28. The lowest BCUT2D eigenvalue weighted by molar-refractivity contribution is 0.379. The van der Waals surface area contributed by atoms with Crippen molar-refractivity contribution in [1.29, 1.82) is 0 Å². The molecule has 146 valence electrons. The summed E-state index contributed by atoms with van der Waals surface area (Å²) < 4.78 is 5.82. The van der Waals surface area contributed by atoms with Gasteiger partial charge in [-0.1, -0.05) is 38.4 Å². The number of nitrogens with zero attached hydrogens (tertiary/aromatic N) is 3. The molecule has 1 aromatic carbocycles. The van der Waals surface area contributed by atoms with Crippen molar-refractivity contribution in [2.24, 2.45) is 4.99 Å². The van der Waals surface area contributed by atoms with Crippen molar-refractivity contribution in [2.45, 2.75) is 45.2 Å². The van der Waals surface area contributed by atoms with Crippen molar-refractivity contribution >= 4 is 23.2 Å². The number of halogens is 1. The van der Waals surface area contributed by atoms with Crippen LogP contribution in [0.2, 0.25) is 5.02 Å². The van der Waals surface area contributed by atoms with E-state index in [1.54, 1.807) is 13.2 Å². The Morgan fingerprint density at radius 2 is 2.22 bits per heavy atom. The normalized spacial score (nSPS) is 18.0. The fraction of sp³-hybridized carbons (Fsp3) is 0.500. The van der Waals surface area contributed by atoms with Crippen molar-refractivity contribution in [2.75, 3.05) is 25.0 Å². The van der Waals surface area contributed by atoms with Crippen LogP contribution in [0.15, 0.2) is 39.9 Å². The Bertz CT molecular complexity index is 796. The minimum atomic E-state index is -0.0428.